The summed E-state index contributed by atoms with van der Waals surface area (Å²) in [6.45, 7) is 7.47. The van der Waals surface area contributed by atoms with E-state index in [0.717, 1.165) is 19.3 Å². The number of carbonyl (C=O) groups is 1. The minimum Gasteiger partial charge on any atom is -0.494 e. The molecule has 0 saturated carbocycles. The molecule has 0 aromatic heterocycles. The van der Waals surface area contributed by atoms with Crippen molar-refractivity contribution in [3.8, 4) is 0 Å². The number of carboxylic acid groups (broad SMARTS) is 1. The van der Waals surface area contributed by atoms with Gasteiger partial charge in [0, 0.05) is 6.61 Å². The molecule has 0 saturated heterocycles. The molecule has 1 unspecified atom stereocenters. The molecule has 0 fully saturated rings. The van der Waals surface area contributed by atoms with Crippen molar-refractivity contribution >= 4 is 5.97 Å². The van der Waals surface area contributed by atoms with Crippen LogP contribution >= 0.6 is 0 Å². The average molecular weight is 298 g/mol. The smallest absolute Gasteiger partial charge is 0.340 e. The zero-order valence-corrected chi connectivity index (χ0v) is 13.2. The first-order chi connectivity index (χ1) is 10.1. The van der Waals surface area contributed by atoms with Gasteiger partial charge in [0.2, 0.25) is 0 Å². The van der Waals surface area contributed by atoms with Crippen LogP contribution in [-0.2, 0) is 19.0 Å². The van der Waals surface area contributed by atoms with Crippen molar-refractivity contribution in [1.29, 1.82) is 0 Å². The molecule has 0 aliphatic heterocycles. The summed E-state index contributed by atoms with van der Waals surface area (Å²) >= 11 is 0. The highest BCUT2D eigenvalue weighted by Gasteiger charge is 2.41. The summed E-state index contributed by atoms with van der Waals surface area (Å²) in [7, 11) is 0. The molecule has 1 rings (SSSR count). The molecule has 0 amide bonds. The molecule has 0 aromatic carbocycles. The van der Waals surface area contributed by atoms with Crippen molar-refractivity contribution < 1.29 is 24.1 Å². The Hall–Kier alpha value is -1.49. The molecule has 1 atom stereocenters. The number of aliphatic carboxylic acids is 1. The van der Waals surface area contributed by atoms with E-state index in [1.54, 1.807) is 12.2 Å². The van der Waals surface area contributed by atoms with E-state index in [0.29, 0.717) is 31.3 Å². The van der Waals surface area contributed by atoms with E-state index in [2.05, 4.69) is 0 Å². The monoisotopic (exact) mass is 298 g/mol. The van der Waals surface area contributed by atoms with Gasteiger partial charge in [-0.25, -0.2) is 4.79 Å². The second-order valence-corrected chi connectivity index (χ2v) is 5.04. The van der Waals surface area contributed by atoms with Gasteiger partial charge in [0.15, 0.2) is 11.4 Å². The third kappa shape index (κ3) is 4.77. The Kier molecular flexibility index (Phi) is 7.29. The standard InChI is InChI=1S/C16H26O5/c1-4-9-19-13-7-8-16(15(17)18,21-11-6-3)12-14(13)20-10-5-2/h7-8H,4-6,9-12H2,1-3H3,(H,17,18). The molecule has 5 heteroatoms. The van der Waals surface area contributed by atoms with Gasteiger partial charge in [-0.2, -0.15) is 0 Å². The van der Waals surface area contributed by atoms with Crippen LogP contribution in [0.15, 0.2) is 23.7 Å². The predicted octanol–water partition coefficient (Wildman–Crippen LogP) is 3.26. The molecule has 5 nitrogen and oxygen atoms in total. The summed E-state index contributed by atoms with van der Waals surface area (Å²) in [5, 5.41) is 9.53. The number of allylic oxidation sites excluding steroid dienone is 1. The highest BCUT2D eigenvalue weighted by molar-refractivity contribution is 5.81. The Morgan fingerprint density at radius 2 is 1.76 bits per heavy atom. The first-order valence-corrected chi connectivity index (χ1v) is 7.65. The molecule has 0 spiro atoms. The van der Waals surface area contributed by atoms with Crippen molar-refractivity contribution in [2.75, 3.05) is 19.8 Å². The fourth-order valence-electron chi connectivity index (χ4n) is 1.97. The van der Waals surface area contributed by atoms with Gasteiger partial charge < -0.3 is 19.3 Å². The van der Waals surface area contributed by atoms with E-state index >= 15 is 0 Å². The third-order valence-corrected chi connectivity index (χ3v) is 3.07. The molecule has 120 valence electrons. The summed E-state index contributed by atoms with van der Waals surface area (Å²) in [4.78, 5) is 11.6. The van der Waals surface area contributed by atoms with Gasteiger partial charge in [0.1, 0.15) is 5.76 Å². The summed E-state index contributed by atoms with van der Waals surface area (Å²) in [6, 6.07) is 0. The van der Waals surface area contributed by atoms with Gasteiger partial charge in [-0.05, 0) is 31.4 Å². The van der Waals surface area contributed by atoms with Crippen molar-refractivity contribution in [3.63, 3.8) is 0 Å². The summed E-state index contributed by atoms with van der Waals surface area (Å²) in [5.41, 5.74) is -1.35. The maximum Gasteiger partial charge on any atom is 0.340 e. The Bertz CT molecular complexity index is 399. The number of rotatable bonds is 10. The first-order valence-electron chi connectivity index (χ1n) is 7.65. The lowest BCUT2D eigenvalue weighted by Gasteiger charge is -2.31. The van der Waals surface area contributed by atoms with Crippen LogP contribution in [0.1, 0.15) is 46.5 Å². The Morgan fingerprint density at radius 3 is 2.33 bits per heavy atom. The molecule has 1 aliphatic rings. The largest absolute Gasteiger partial charge is 0.494 e. The second kappa shape index (κ2) is 8.72. The molecule has 1 N–H and O–H groups in total. The second-order valence-electron chi connectivity index (χ2n) is 5.04. The average Bonchev–Trinajstić information content (AvgIpc) is 2.49. The lowest BCUT2D eigenvalue weighted by atomic mass is 9.93. The minimum absolute atomic E-state index is 0.165. The Balaban J connectivity index is 2.93. The lowest BCUT2D eigenvalue weighted by Crippen LogP contribution is -2.42. The molecule has 21 heavy (non-hydrogen) atoms. The maximum atomic E-state index is 11.6. The van der Waals surface area contributed by atoms with Crippen LogP contribution in [0.5, 0.6) is 0 Å². The third-order valence-electron chi connectivity index (χ3n) is 3.07. The summed E-state index contributed by atoms with van der Waals surface area (Å²) < 4.78 is 16.9. The van der Waals surface area contributed by atoms with Crippen LogP contribution in [0.25, 0.3) is 0 Å². The molecule has 0 bridgehead atoms. The molecule has 0 radical (unpaired) electrons. The molecular formula is C16H26O5. The van der Waals surface area contributed by atoms with Crippen LogP contribution in [0, 0.1) is 0 Å². The SMILES string of the molecule is CCCOC1=C(OCCC)CC(OCCC)(C(=O)O)C=C1. The van der Waals surface area contributed by atoms with Crippen LogP contribution in [-0.4, -0.2) is 36.5 Å². The van der Waals surface area contributed by atoms with Gasteiger partial charge in [-0.15, -0.1) is 0 Å². The molecular weight excluding hydrogens is 272 g/mol. The molecule has 1 aliphatic carbocycles. The first kappa shape index (κ1) is 17.6. The fourth-order valence-corrected chi connectivity index (χ4v) is 1.97. The van der Waals surface area contributed by atoms with Crippen LogP contribution < -0.4 is 0 Å². The number of carboxylic acids is 1. The van der Waals surface area contributed by atoms with E-state index in [4.69, 9.17) is 14.2 Å². The van der Waals surface area contributed by atoms with Gasteiger partial charge in [-0.3, -0.25) is 0 Å². The zero-order chi connectivity index (χ0) is 15.7. The van der Waals surface area contributed by atoms with E-state index in [1.165, 1.54) is 0 Å². The topological polar surface area (TPSA) is 65.0 Å². The minimum atomic E-state index is -1.35. The van der Waals surface area contributed by atoms with Crippen molar-refractivity contribution in [2.45, 2.75) is 52.1 Å². The zero-order valence-electron chi connectivity index (χ0n) is 13.2. The van der Waals surface area contributed by atoms with E-state index in [1.807, 2.05) is 20.8 Å². The van der Waals surface area contributed by atoms with Crippen molar-refractivity contribution in [2.24, 2.45) is 0 Å². The lowest BCUT2D eigenvalue weighted by molar-refractivity contribution is -0.160. The van der Waals surface area contributed by atoms with Crippen LogP contribution in [0.3, 0.4) is 0 Å². The number of hydrogen-bond acceptors (Lipinski definition) is 4. The Labute approximate surface area is 126 Å². The number of hydrogen-bond donors (Lipinski definition) is 1. The maximum absolute atomic E-state index is 11.6. The highest BCUT2D eigenvalue weighted by Crippen LogP contribution is 2.32. The normalized spacial score (nSPS) is 21.5. The van der Waals surface area contributed by atoms with Gasteiger partial charge >= 0.3 is 5.97 Å². The highest BCUT2D eigenvalue weighted by atomic mass is 16.5. The van der Waals surface area contributed by atoms with Gasteiger partial charge in [-0.1, -0.05) is 20.8 Å². The van der Waals surface area contributed by atoms with E-state index in [-0.39, 0.29) is 6.42 Å². The summed E-state index contributed by atoms with van der Waals surface area (Å²) in [6.07, 6.45) is 5.89. The van der Waals surface area contributed by atoms with Crippen molar-refractivity contribution in [3.05, 3.63) is 23.7 Å². The quantitative estimate of drug-likeness (QED) is 0.670. The van der Waals surface area contributed by atoms with Crippen LogP contribution in [0.2, 0.25) is 0 Å². The number of ether oxygens (including phenoxy) is 3. The molecule has 0 aromatic rings. The fraction of sp³-hybridized carbons (Fsp3) is 0.688. The van der Waals surface area contributed by atoms with Crippen LogP contribution in [0.4, 0.5) is 0 Å². The molecule has 0 heterocycles. The van der Waals surface area contributed by atoms with Gasteiger partial charge in [0.05, 0.1) is 19.6 Å². The van der Waals surface area contributed by atoms with E-state index in [9.17, 15) is 9.90 Å². The van der Waals surface area contributed by atoms with E-state index < -0.39 is 11.6 Å². The summed E-state index contributed by atoms with van der Waals surface area (Å²) in [5.74, 6) is 0.174. The van der Waals surface area contributed by atoms with Gasteiger partial charge in [0.25, 0.3) is 0 Å². The van der Waals surface area contributed by atoms with Crippen molar-refractivity contribution in [1.82, 2.24) is 0 Å². The Morgan fingerprint density at radius 1 is 1.14 bits per heavy atom. The predicted molar refractivity (Wildman–Crippen MR) is 79.9 cm³/mol.